The van der Waals surface area contributed by atoms with Crippen LogP contribution in [0.2, 0.25) is 0 Å². The SMILES string of the molecule is CC(C)OC(N)=O.COc1ccc(-c2cnc(C3CCCCC3)s2)c(S(=O)NC(C)(C)C)c1. The zero-order valence-electron chi connectivity index (χ0n) is 20.5. The van der Waals surface area contributed by atoms with E-state index in [-0.39, 0.29) is 11.6 Å². The van der Waals surface area contributed by atoms with Crippen LogP contribution in [0.3, 0.4) is 0 Å². The number of nitrogens with two attached hydrogens (primary N) is 1. The van der Waals surface area contributed by atoms with E-state index in [2.05, 4.69) is 15.2 Å². The van der Waals surface area contributed by atoms with Crippen molar-refractivity contribution in [1.29, 1.82) is 0 Å². The zero-order chi connectivity index (χ0) is 24.6. The number of ether oxygens (including phenoxy) is 2. The van der Waals surface area contributed by atoms with E-state index in [1.54, 1.807) is 32.3 Å². The maximum absolute atomic E-state index is 13.0. The lowest BCUT2D eigenvalue weighted by Crippen LogP contribution is -2.37. The smallest absolute Gasteiger partial charge is 0.404 e. The fraction of sp³-hybridized carbons (Fsp3) is 0.583. The molecular formula is C24H37N3O4S2. The molecule has 1 unspecified atom stereocenters. The minimum Gasteiger partial charge on any atom is -0.497 e. The molecule has 0 bridgehead atoms. The van der Waals surface area contributed by atoms with Crippen molar-refractivity contribution in [2.75, 3.05) is 7.11 Å². The third-order valence-corrected chi connectivity index (χ3v) is 7.61. The fourth-order valence-corrected chi connectivity index (χ4v) is 5.96. The Balaban J connectivity index is 0.000000479. The number of rotatable bonds is 6. The van der Waals surface area contributed by atoms with Gasteiger partial charge in [0.2, 0.25) is 0 Å². The predicted octanol–water partition coefficient (Wildman–Crippen LogP) is 5.77. The molecule has 1 aromatic heterocycles. The summed E-state index contributed by atoms with van der Waals surface area (Å²) in [6.45, 7) is 9.52. The van der Waals surface area contributed by atoms with Crippen LogP contribution in [0.4, 0.5) is 4.79 Å². The Kier molecular flexibility index (Phi) is 10.3. The summed E-state index contributed by atoms with van der Waals surface area (Å²) < 4.78 is 25.9. The van der Waals surface area contributed by atoms with Gasteiger partial charge in [-0.05, 0) is 65.7 Å². The molecule has 184 valence electrons. The molecule has 1 heterocycles. The van der Waals surface area contributed by atoms with Crippen molar-refractivity contribution in [1.82, 2.24) is 9.71 Å². The Labute approximate surface area is 204 Å². The first-order valence-corrected chi connectivity index (χ1v) is 13.3. The molecule has 1 saturated carbocycles. The first-order chi connectivity index (χ1) is 15.5. The summed E-state index contributed by atoms with van der Waals surface area (Å²) in [6, 6.07) is 5.78. The van der Waals surface area contributed by atoms with E-state index in [1.807, 2.05) is 45.2 Å². The van der Waals surface area contributed by atoms with Crippen LogP contribution in [0.15, 0.2) is 29.3 Å². The van der Waals surface area contributed by atoms with Gasteiger partial charge in [0.05, 0.1) is 28.0 Å². The Hall–Kier alpha value is -1.97. The van der Waals surface area contributed by atoms with Crippen molar-refractivity contribution in [3.63, 3.8) is 0 Å². The van der Waals surface area contributed by atoms with E-state index < -0.39 is 17.1 Å². The van der Waals surface area contributed by atoms with Crippen molar-refractivity contribution in [3.8, 4) is 16.2 Å². The number of benzene rings is 1. The average Bonchev–Trinajstić information content (AvgIpc) is 3.22. The lowest BCUT2D eigenvalue weighted by molar-refractivity contribution is 0.125. The van der Waals surface area contributed by atoms with Crippen molar-refractivity contribution in [2.45, 2.75) is 89.2 Å². The maximum atomic E-state index is 13.0. The molecule has 0 spiro atoms. The number of nitrogens with one attached hydrogen (secondary N) is 1. The number of hydrogen-bond donors (Lipinski definition) is 2. The highest BCUT2D eigenvalue weighted by molar-refractivity contribution is 7.83. The van der Waals surface area contributed by atoms with Crippen LogP contribution < -0.4 is 15.2 Å². The summed E-state index contributed by atoms with van der Waals surface area (Å²) in [5.41, 5.74) is 5.36. The molecule has 1 amide bonds. The molecule has 33 heavy (non-hydrogen) atoms. The third-order valence-electron chi connectivity index (χ3n) is 4.88. The normalized spacial score (nSPS) is 15.5. The summed E-state index contributed by atoms with van der Waals surface area (Å²) in [5, 5.41) is 1.22. The maximum Gasteiger partial charge on any atom is 0.404 e. The third kappa shape index (κ3) is 9.06. The van der Waals surface area contributed by atoms with Crippen LogP contribution in [0.25, 0.3) is 10.4 Å². The molecule has 0 saturated heterocycles. The Morgan fingerprint density at radius 2 is 1.91 bits per heavy atom. The standard InChI is InChI=1S/C20H28N2O2S2.C4H9NO2/c1-20(2,3)22-26(23)18-12-15(24-4)10-11-16(18)17-13-21-19(25-17)14-8-6-5-7-9-14;1-3(2)7-4(5)6/h10-14,22H,5-9H2,1-4H3;3H,1-2H3,(H2,5,6). The van der Waals surface area contributed by atoms with Gasteiger partial charge in [-0.25, -0.2) is 18.7 Å². The van der Waals surface area contributed by atoms with Crippen LogP contribution in [0.5, 0.6) is 5.75 Å². The molecular weight excluding hydrogens is 458 g/mol. The number of aromatic nitrogens is 1. The van der Waals surface area contributed by atoms with Crippen LogP contribution in [0.1, 0.15) is 77.6 Å². The van der Waals surface area contributed by atoms with E-state index in [9.17, 15) is 9.00 Å². The van der Waals surface area contributed by atoms with Crippen molar-refractivity contribution in [3.05, 3.63) is 29.4 Å². The number of carbonyl (C=O) groups excluding carboxylic acids is 1. The van der Waals surface area contributed by atoms with E-state index in [0.717, 1.165) is 15.3 Å². The number of amides is 1. The summed E-state index contributed by atoms with van der Waals surface area (Å²) in [4.78, 5) is 16.3. The molecule has 3 rings (SSSR count). The topological polar surface area (TPSA) is 104 Å². The Bertz CT molecular complexity index is 932. The largest absolute Gasteiger partial charge is 0.497 e. The summed E-state index contributed by atoms with van der Waals surface area (Å²) >= 11 is 1.74. The lowest BCUT2D eigenvalue weighted by atomic mass is 9.90. The van der Waals surface area contributed by atoms with E-state index >= 15 is 0 Å². The second-order valence-corrected chi connectivity index (χ2v) is 11.6. The van der Waals surface area contributed by atoms with E-state index in [4.69, 9.17) is 9.72 Å². The number of methoxy groups -OCH3 is 1. The van der Waals surface area contributed by atoms with Crippen molar-refractivity contribution >= 4 is 28.4 Å². The predicted molar refractivity (Wildman–Crippen MR) is 135 cm³/mol. The average molecular weight is 496 g/mol. The first-order valence-electron chi connectivity index (χ1n) is 11.3. The van der Waals surface area contributed by atoms with Crippen LogP contribution in [-0.4, -0.2) is 34.0 Å². The second-order valence-electron chi connectivity index (χ2n) is 9.37. The number of nitrogens with zero attached hydrogens (tertiary/aromatic N) is 1. The summed E-state index contributed by atoms with van der Waals surface area (Å²) in [6.07, 6.45) is 7.54. The minimum absolute atomic E-state index is 0.0995. The molecule has 1 aliphatic rings. The van der Waals surface area contributed by atoms with Crippen LogP contribution >= 0.6 is 11.3 Å². The van der Waals surface area contributed by atoms with Gasteiger partial charge in [-0.3, -0.25) is 0 Å². The highest BCUT2D eigenvalue weighted by Gasteiger charge is 2.22. The Morgan fingerprint density at radius 3 is 2.42 bits per heavy atom. The van der Waals surface area contributed by atoms with Gasteiger partial charge in [-0.15, -0.1) is 11.3 Å². The van der Waals surface area contributed by atoms with Crippen molar-refractivity contribution in [2.24, 2.45) is 5.73 Å². The molecule has 1 fully saturated rings. The lowest BCUT2D eigenvalue weighted by Gasteiger charge is -2.21. The van der Waals surface area contributed by atoms with Gasteiger partial charge in [0, 0.05) is 23.2 Å². The van der Waals surface area contributed by atoms with Gasteiger partial charge in [0.15, 0.2) is 0 Å². The highest BCUT2D eigenvalue weighted by Crippen LogP contribution is 2.39. The minimum atomic E-state index is -1.32. The van der Waals surface area contributed by atoms with E-state index in [1.165, 1.54) is 37.1 Å². The van der Waals surface area contributed by atoms with Gasteiger partial charge in [-0.2, -0.15) is 0 Å². The van der Waals surface area contributed by atoms with Gasteiger partial charge in [0.1, 0.15) is 16.7 Å². The number of carbonyl (C=O) groups is 1. The highest BCUT2D eigenvalue weighted by atomic mass is 32.2. The van der Waals surface area contributed by atoms with Crippen LogP contribution in [0, 0.1) is 0 Å². The monoisotopic (exact) mass is 495 g/mol. The second kappa shape index (κ2) is 12.5. The van der Waals surface area contributed by atoms with Crippen molar-refractivity contribution < 1.29 is 18.5 Å². The molecule has 2 aromatic rings. The van der Waals surface area contributed by atoms with Gasteiger partial charge in [-0.1, -0.05) is 19.3 Å². The summed E-state index contributed by atoms with van der Waals surface area (Å²) in [5.74, 6) is 1.30. The molecule has 0 aliphatic heterocycles. The van der Waals surface area contributed by atoms with Gasteiger partial charge < -0.3 is 15.2 Å². The molecule has 1 aromatic carbocycles. The molecule has 0 radical (unpaired) electrons. The Morgan fingerprint density at radius 1 is 1.24 bits per heavy atom. The number of primary amides is 1. The molecule has 1 atom stereocenters. The molecule has 1 aliphatic carbocycles. The van der Waals surface area contributed by atoms with Gasteiger partial charge in [0.25, 0.3) is 0 Å². The quantitative estimate of drug-likeness (QED) is 0.530. The van der Waals surface area contributed by atoms with Gasteiger partial charge >= 0.3 is 6.09 Å². The fourth-order valence-electron chi connectivity index (χ4n) is 3.50. The van der Waals surface area contributed by atoms with Crippen LogP contribution in [-0.2, 0) is 15.7 Å². The molecule has 9 heteroatoms. The number of thiazole rings is 1. The molecule has 3 N–H and O–H groups in total. The molecule has 7 nitrogen and oxygen atoms in total. The number of hydrogen-bond acceptors (Lipinski definition) is 6. The zero-order valence-corrected chi connectivity index (χ0v) is 22.1. The summed E-state index contributed by atoms with van der Waals surface area (Å²) in [7, 11) is 0.308. The first kappa shape index (κ1) is 27.3. The van der Waals surface area contributed by atoms with E-state index in [0.29, 0.717) is 11.7 Å².